The molecule has 0 aliphatic heterocycles. The van der Waals surface area contributed by atoms with E-state index in [2.05, 4.69) is 10.5 Å². The molecule has 0 aliphatic carbocycles. The van der Waals surface area contributed by atoms with E-state index >= 15 is 0 Å². The van der Waals surface area contributed by atoms with Crippen LogP contribution >= 0.6 is 0 Å². The van der Waals surface area contributed by atoms with Gasteiger partial charge in [0.05, 0.1) is 5.69 Å². The molecule has 0 saturated carbocycles. The van der Waals surface area contributed by atoms with Crippen molar-refractivity contribution in [3.63, 3.8) is 0 Å². The van der Waals surface area contributed by atoms with Crippen LogP contribution in [-0.2, 0) is 10.0 Å². The molecule has 0 amide bonds. The Morgan fingerprint density at radius 3 is 2.41 bits per heavy atom. The van der Waals surface area contributed by atoms with Gasteiger partial charge in [0.15, 0.2) is 0 Å². The number of nitriles is 2. The molecule has 17 heavy (non-hydrogen) atoms. The summed E-state index contributed by atoms with van der Waals surface area (Å²) in [5.74, 6) is 0. The molecule has 86 valence electrons. The van der Waals surface area contributed by atoms with Crippen LogP contribution in [0.2, 0.25) is 0 Å². The Bertz CT molecular complexity index is 620. The van der Waals surface area contributed by atoms with Crippen molar-refractivity contribution in [1.82, 2.24) is 0 Å². The Kier molecular flexibility index (Phi) is 3.78. The molecule has 1 rings (SSSR count). The topological polar surface area (TPSA) is 132 Å². The molecular formula is C9H7N5O2S. The Labute approximate surface area is 97.8 Å². The van der Waals surface area contributed by atoms with Crippen molar-refractivity contribution in [2.45, 2.75) is 4.90 Å². The van der Waals surface area contributed by atoms with Crippen LogP contribution in [0.5, 0.6) is 0 Å². The van der Waals surface area contributed by atoms with E-state index in [1.165, 1.54) is 30.3 Å². The van der Waals surface area contributed by atoms with Gasteiger partial charge >= 0.3 is 0 Å². The molecule has 0 fully saturated rings. The van der Waals surface area contributed by atoms with Crippen LogP contribution in [0.25, 0.3) is 0 Å². The van der Waals surface area contributed by atoms with Crippen LogP contribution in [0.1, 0.15) is 0 Å². The van der Waals surface area contributed by atoms with E-state index in [4.69, 9.17) is 15.7 Å². The molecule has 7 nitrogen and oxygen atoms in total. The summed E-state index contributed by atoms with van der Waals surface area (Å²) in [5, 5.41) is 25.3. The van der Waals surface area contributed by atoms with Gasteiger partial charge in [-0.3, -0.25) is 5.43 Å². The zero-order chi connectivity index (χ0) is 12.9. The molecule has 0 spiro atoms. The third-order valence-electron chi connectivity index (χ3n) is 1.69. The zero-order valence-corrected chi connectivity index (χ0v) is 9.27. The number of nitrogens with two attached hydrogens (primary N) is 1. The van der Waals surface area contributed by atoms with Crippen molar-refractivity contribution < 1.29 is 8.42 Å². The first-order chi connectivity index (χ1) is 7.99. The Morgan fingerprint density at radius 1 is 1.29 bits per heavy atom. The standard InChI is InChI=1S/C9H7N5O2S/c10-5-7(6-11)13-14-8-3-1-2-4-9(8)17(12,15)16/h1-4,14H,(H2,12,15,16). The summed E-state index contributed by atoms with van der Waals surface area (Å²) in [6.45, 7) is 0. The zero-order valence-electron chi connectivity index (χ0n) is 8.45. The number of benzene rings is 1. The predicted molar refractivity (Wildman–Crippen MR) is 60.1 cm³/mol. The average Bonchev–Trinajstić information content (AvgIpc) is 2.29. The number of hydrazone groups is 1. The second-order valence-corrected chi connectivity index (χ2v) is 4.37. The maximum Gasteiger partial charge on any atom is 0.240 e. The molecule has 0 atom stereocenters. The highest BCUT2D eigenvalue weighted by Crippen LogP contribution is 2.18. The Balaban J connectivity index is 3.15. The number of nitrogens with one attached hydrogen (secondary N) is 1. The predicted octanol–water partition coefficient (Wildman–Crippen LogP) is 0.149. The monoisotopic (exact) mass is 249 g/mol. The number of hydrogen-bond donors (Lipinski definition) is 2. The number of para-hydroxylation sites is 1. The fourth-order valence-corrected chi connectivity index (χ4v) is 1.69. The van der Waals surface area contributed by atoms with Gasteiger partial charge in [0.2, 0.25) is 15.7 Å². The van der Waals surface area contributed by atoms with Gasteiger partial charge in [-0.2, -0.15) is 15.6 Å². The van der Waals surface area contributed by atoms with Crippen LogP contribution in [0.3, 0.4) is 0 Å². The van der Waals surface area contributed by atoms with Crippen molar-refractivity contribution in [3.8, 4) is 12.1 Å². The van der Waals surface area contributed by atoms with E-state index in [-0.39, 0.29) is 10.6 Å². The minimum Gasteiger partial charge on any atom is -0.275 e. The lowest BCUT2D eigenvalue weighted by molar-refractivity contribution is 0.598. The normalized spacial score (nSPS) is 9.82. The quantitative estimate of drug-likeness (QED) is 0.581. The highest BCUT2D eigenvalue weighted by Gasteiger charge is 2.12. The van der Waals surface area contributed by atoms with Gasteiger partial charge in [-0.05, 0) is 12.1 Å². The van der Waals surface area contributed by atoms with Gasteiger partial charge in [0.1, 0.15) is 17.0 Å². The number of hydrogen-bond acceptors (Lipinski definition) is 6. The van der Waals surface area contributed by atoms with E-state index < -0.39 is 15.7 Å². The summed E-state index contributed by atoms with van der Waals surface area (Å²) in [7, 11) is -3.89. The number of nitrogens with zero attached hydrogens (tertiary/aromatic N) is 3. The van der Waals surface area contributed by atoms with Gasteiger partial charge in [0, 0.05) is 0 Å². The number of primary sulfonamides is 1. The molecule has 1 aromatic rings. The van der Waals surface area contributed by atoms with Crippen molar-refractivity contribution in [2.75, 3.05) is 5.43 Å². The van der Waals surface area contributed by atoms with Crippen molar-refractivity contribution in [3.05, 3.63) is 24.3 Å². The highest BCUT2D eigenvalue weighted by molar-refractivity contribution is 7.89. The lowest BCUT2D eigenvalue weighted by Crippen LogP contribution is -2.14. The molecule has 0 bridgehead atoms. The van der Waals surface area contributed by atoms with Crippen molar-refractivity contribution in [1.29, 1.82) is 10.5 Å². The second-order valence-electron chi connectivity index (χ2n) is 2.84. The second kappa shape index (κ2) is 5.07. The minimum atomic E-state index is -3.89. The largest absolute Gasteiger partial charge is 0.275 e. The first kappa shape index (κ1) is 12.6. The van der Waals surface area contributed by atoms with Crippen LogP contribution in [0.4, 0.5) is 5.69 Å². The lowest BCUT2D eigenvalue weighted by Gasteiger charge is -2.05. The van der Waals surface area contributed by atoms with E-state index in [9.17, 15) is 8.42 Å². The average molecular weight is 249 g/mol. The Hall–Kier alpha value is -2.42. The highest BCUT2D eigenvalue weighted by atomic mass is 32.2. The molecule has 1 aromatic carbocycles. The van der Waals surface area contributed by atoms with E-state index in [1.807, 2.05) is 0 Å². The third kappa shape index (κ3) is 3.28. The van der Waals surface area contributed by atoms with Gasteiger partial charge < -0.3 is 0 Å². The number of sulfonamides is 1. The maximum absolute atomic E-state index is 11.2. The molecule has 3 N–H and O–H groups in total. The van der Waals surface area contributed by atoms with Crippen LogP contribution in [0.15, 0.2) is 34.3 Å². The molecule has 0 saturated heterocycles. The van der Waals surface area contributed by atoms with Crippen molar-refractivity contribution >= 4 is 21.4 Å². The molecule has 8 heteroatoms. The molecule has 0 heterocycles. The maximum atomic E-state index is 11.2. The number of rotatable bonds is 3. The molecule has 0 unspecified atom stereocenters. The summed E-state index contributed by atoms with van der Waals surface area (Å²) >= 11 is 0. The van der Waals surface area contributed by atoms with Crippen LogP contribution in [-0.4, -0.2) is 14.1 Å². The molecule has 0 aliphatic rings. The fourth-order valence-electron chi connectivity index (χ4n) is 0.998. The van der Waals surface area contributed by atoms with Crippen LogP contribution < -0.4 is 10.6 Å². The number of anilines is 1. The van der Waals surface area contributed by atoms with E-state index in [1.54, 1.807) is 6.07 Å². The summed E-state index contributed by atoms with van der Waals surface area (Å²) in [5.41, 5.74) is 1.98. The summed E-state index contributed by atoms with van der Waals surface area (Å²) < 4.78 is 22.4. The smallest absolute Gasteiger partial charge is 0.240 e. The molecule has 0 radical (unpaired) electrons. The van der Waals surface area contributed by atoms with Gasteiger partial charge in [0.25, 0.3) is 0 Å². The first-order valence-corrected chi connectivity index (χ1v) is 5.79. The fraction of sp³-hybridized carbons (Fsp3) is 0. The lowest BCUT2D eigenvalue weighted by atomic mass is 10.3. The van der Waals surface area contributed by atoms with Gasteiger partial charge in [-0.25, -0.2) is 13.6 Å². The summed E-state index contributed by atoms with van der Waals surface area (Å²) in [6, 6.07) is 8.80. The van der Waals surface area contributed by atoms with E-state index in [0.717, 1.165) is 0 Å². The molecular weight excluding hydrogens is 242 g/mol. The van der Waals surface area contributed by atoms with Gasteiger partial charge in [-0.15, -0.1) is 0 Å². The Morgan fingerprint density at radius 2 is 1.88 bits per heavy atom. The van der Waals surface area contributed by atoms with Gasteiger partial charge in [-0.1, -0.05) is 12.1 Å². The van der Waals surface area contributed by atoms with E-state index in [0.29, 0.717) is 0 Å². The summed E-state index contributed by atoms with van der Waals surface area (Å²) in [4.78, 5) is -0.168. The van der Waals surface area contributed by atoms with Crippen molar-refractivity contribution in [2.24, 2.45) is 10.2 Å². The SMILES string of the molecule is N#CC(C#N)=NNc1ccccc1S(N)(=O)=O. The first-order valence-electron chi connectivity index (χ1n) is 4.24. The van der Waals surface area contributed by atoms with Crippen LogP contribution in [0, 0.1) is 22.7 Å². The minimum absolute atomic E-state index is 0.0954. The third-order valence-corrected chi connectivity index (χ3v) is 2.66. The molecule has 0 aromatic heterocycles. The summed E-state index contributed by atoms with van der Waals surface area (Å²) in [6.07, 6.45) is 0.